The van der Waals surface area contributed by atoms with Crippen molar-refractivity contribution in [1.29, 1.82) is 0 Å². The van der Waals surface area contributed by atoms with Crippen LogP contribution in [0, 0.1) is 6.92 Å². The van der Waals surface area contributed by atoms with Crippen LogP contribution in [-0.2, 0) is 12.3 Å². The molecule has 1 aromatic heterocycles. The molecule has 1 heterocycles. The number of aromatic nitrogens is 1. The Morgan fingerprint density at radius 3 is 2.80 bits per heavy atom. The predicted molar refractivity (Wildman–Crippen MR) is 89.7 cm³/mol. The Kier molecular flexibility index (Phi) is 5.64. The number of thioether (sulfide) groups is 1. The molecule has 0 atom stereocenters. The van der Waals surface area contributed by atoms with Gasteiger partial charge >= 0.3 is 0 Å². The molecule has 0 amide bonds. The van der Waals surface area contributed by atoms with E-state index in [-0.39, 0.29) is 0 Å². The van der Waals surface area contributed by atoms with E-state index in [0.717, 1.165) is 12.3 Å². The highest BCUT2D eigenvalue weighted by Gasteiger charge is 2.13. The van der Waals surface area contributed by atoms with Gasteiger partial charge in [0.15, 0.2) is 0 Å². The van der Waals surface area contributed by atoms with Crippen molar-refractivity contribution in [3.63, 3.8) is 0 Å². The van der Waals surface area contributed by atoms with Gasteiger partial charge in [-0.05, 0) is 32.0 Å². The highest BCUT2D eigenvalue weighted by atomic mass is 32.2. The van der Waals surface area contributed by atoms with Crippen LogP contribution in [0.15, 0.2) is 29.2 Å². The Hall–Kier alpha value is -0.840. The van der Waals surface area contributed by atoms with Crippen LogP contribution >= 0.6 is 23.1 Å². The van der Waals surface area contributed by atoms with Gasteiger partial charge < -0.3 is 5.32 Å². The van der Waals surface area contributed by atoms with Crippen LogP contribution in [0.25, 0.3) is 0 Å². The topological polar surface area (TPSA) is 24.9 Å². The molecule has 20 heavy (non-hydrogen) atoms. The fourth-order valence-corrected chi connectivity index (χ4v) is 4.31. The molecule has 0 fully saturated rings. The third kappa shape index (κ3) is 4.08. The number of nitrogens with zero attached hydrogens (tertiary/aromatic N) is 1. The zero-order valence-corrected chi connectivity index (χ0v) is 14.2. The molecule has 4 heteroatoms. The first-order valence-corrected chi connectivity index (χ1v) is 8.73. The third-order valence-electron chi connectivity index (χ3n) is 3.01. The summed E-state index contributed by atoms with van der Waals surface area (Å²) in [6, 6.07) is 8.65. The van der Waals surface area contributed by atoms with E-state index in [4.69, 9.17) is 4.98 Å². The van der Waals surface area contributed by atoms with Crippen molar-refractivity contribution in [2.45, 2.75) is 43.9 Å². The quantitative estimate of drug-likeness (QED) is 0.790. The van der Waals surface area contributed by atoms with Crippen LogP contribution in [0.1, 0.15) is 40.9 Å². The molecule has 2 aromatic rings. The minimum atomic E-state index is 0.493. The molecule has 1 N–H and O–H groups in total. The number of benzene rings is 1. The van der Waals surface area contributed by atoms with Crippen molar-refractivity contribution in [2.75, 3.05) is 7.05 Å². The van der Waals surface area contributed by atoms with Gasteiger partial charge in [-0.1, -0.05) is 31.5 Å². The monoisotopic (exact) mass is 306 g/mol. The average molecular weight is 307 g/mol. The summed E-state index contributed by atoms with van der Waals surface area (Å²) in [6.45, 7) is 7.48. The van der Waals surface area contributed by atoms with Gasteiger partial charge in [-0.15, -0.1) is 23.1 Å². The van der Waals surface area contributed by atoms with Crippen molar-refractivity contribution in [2.24, 2.45) is 0 Å². The number of hydrogen-bond acceptors (Lipinski definition) is 4. The number of rotatable bonds is 6. The van der Waals surface area contributed by atoms with Gasteiger partial charge in [0.05, 0.1) is 11.4 Å². The molecule has 0 aliphatic rings. The van der Waals surface area contributed by atoms with Crippen molar-refractivity contribution < 1.29 is 0 Å². The smallest absolute Gasteiger partial charge is 0.103 e. The van der Waals surface area contributed by atoms with Gasteiger partial charge in [0.25, 0.3) is 0 Å². The van der Waals surface area contributed by atoms with Crippen molar-refractivity contribution >= 4 is 23.1 Å². The Labute approximate surface area is 130 Å². The lowest BCUT2D eigenvalue weighted by atomic mass is 10.1. The molecule has 108 valence electrons. The van der Waals surface area contributed by atoms with Crippen molar-refractivity contribution in [1.82, 2.24) is 10.3 Å². The lowest BCUT2D eigenvalue weighted by Crippen LogP contribution is -2.06. The summed E-state index contributed by atoms with van der Waals surface area (Å²) in [6.07, 6.45) is 0. The van der Waals surface area contributed by atoms with E-state index >= 15 is 0 Å². The maximum atomic E-state index is 4.82. The highest BCUT2D eigenvalue weighted by molar-refractivity contribution is 7.98. The number of nitrogens with one attached hydrogen (secondary N) is 1. The molecule has 0 radical (unpaired) electrons. The summed E-state index contributed by atoms with van der Waals surface area (Å²) < 4.78 is 0. The molecule has 0 spiro atoms. The Morgan fingerprint density at radius 2 is 2.15 bits per heavy atom. The Bertz CT molecular complexity index is 561. The lowest BCUT2D eigenvalue weighted by Gasteiger charge is -2.03. The number of aryl methyl sites for hydroxylation is 1. The lowest BCUT2D eigenvalue weighted by molar-refractivity contribution is 0.769. The third-order valence-corrected chi connectivity index (χ3v) is 5.27. The molecule has 2 nitrogen and oxygen atoms in total. The molecule has 0 aliphatic carbocycles. The summed E-state index contributed by atoms with van der Waals surface area (Å²) in [5.74, 6) is 1.45. The summed E-state index contributed by atoms with van der Waals surface area (Å²) in [5.41, 5.74) is 2.57. The van der Waals surface area contributed by atoms with Gasteiger partial charge in [-0.25, -0.2) is 4.98 Å². The molecular weight excluding hydrogens is 284 g/mol. The van der Waals surface area contributed by atoms with Gasteiger partial charge in [0.2, 0.25) is 0 Å². The van der Waals surface area contributed by atoms with Crippen LogP contribution in [0.2, 0.25) is 0 Å². The minimum Gasteiger partial charge on any atom is -0.315 e. The maximum Gasteiger partial charge on any atom is 0.103 e. The minimum absolute atomic E-state index is 0.493. The first-order valence-electron chi connectivity index (χ1n) is 6.92. The van der Waals surface area contributed by atoms with E-state index in [2.05, 4.69) is 50.4 Å². The van der Waals surface area contributed by atoms with Crippen LogP contribution in [0.4, 0.5) is 0 Å². The van der Waals surface area contributed by atoms with Crippen LogP contribution in [-0.4, -0.2) is 12.0 Å². The van der Waals surface area contributed by atoms with Gasteiger partial charge in [-0.2, -0.15) is 0 Å². The highest BCUT2D eigenvalue weighted by Crippen LogP contribution is 2.30. The first kappa shape index (κ1) is 15.5. The van der Waals surface area contributed by atoms with Crippen molar-refractivity contribution in [3.05, 3.63) is 45.4 Å². The predicted octanol–water partition coefficient (Wildman–Crippen LogP) is 4.59. The molecule has 0 unspecified atom stereocenters. The second-order valence-electron chi connectivity index (χ2n) is 5.21. The van der Waals surface area contributed by atoms with Gasteiger partial charge in [0.1, 0.15) is 5.01 Å². The Balaban J connectivity index is 2.07. The summed E-state index contributed by atoms with van der Waals surface area (Å²) >= 11 is 3.71. The van der Waals surface area contributed by atoms with E-state index in [9.17, 15) is 0 Å². The molecule has 0 aliphatic heterocycles. The molecular formula is C16H22N2S2. The SMILES string of the molecule is CNCc1sc(CSc2cccc(C)c2)nc1C(C)C. The largest absolute Gasteiger partial charge is 0.315 e. The first-order chi connectivity index (χ1) is 9.60. The van der Waals surface area contributed by atoms with Crippen LogP contribution < -0.4 is 5.32 Å². The standard InChI is InChI=1S/C16H22N2S2/c1-11(2)16-14(9-17-4)20-15(18-16)10-19-13-7-5-6-12(3)8-13/h5-8,11,17H,9-10H2,1-4H3. The van der Waals surface area contributed by atoms with E-state index in [0.29, 0.717) is 5.92 Å². The van der Waals surface area contributed by atoms with Crippen molar-refractivity contribution in [3.8, 4) is 0 Å². The van der Waals surface area contributed by atoms with Crippen LogP contribution in [0.3, 0.4) is 0 Å². The van der Waals surface area contributed by atoms with E-state index in [1.807, 2.05) is 30.1 Å². The van der Waals surface area contributed by atoms with Gasteiger partial charge in [-0.3, -0.25) is 0 Å². The summed E-state index contributed by atoms with van der Waals surface area (Å²) in [5, 5.41) is 4.46. The van der Waals surface area contributed by atoms with E-state index in [1.165, 1.54) is 26.0 Å². The average Bonchev–Trinajstić information content (AvgIpc) is 2.80. The molecule has 0 bridgehead atoms. The molecule has 2 rings (SSSR count). The Morgan fingerprint density at radius 1 is 1.35 bits per heavy atom. The zero-order valence-electron chi connectivity index (χ0n) is 12.6. The summed E-state index contributed by atoms with van der Waals surface area (Å²) in [7, 11) is 1.99. The second-order valence-corrected chi connectivity index (χ2v) is 7.42. The van der Waals surface area contributed by atoms with E-state index < -0.39 is 0 Å². The fraction of sp³-hybridized carbons (Fsp3) is 0.438. The summed E-state index contributed by atoms with van der Waals surface area (Å²) in [4.78, 5) is 7.52. The van der Waals surface area contributed by atoms with Gasteiger partial charge in [0, 0.05) is 16.3 Å². The molecule has 0 saturated heterocycles. The molecule has 0 saturated carbocycles. The molecule has 1 aromatic carbocycles. The maximum absolute atomic E-state index is 4.82. The van der Waals surface area contributed by atoms with E-state index in [1.54, 1.807) is 0 Å². The van der Waals surface area contributed by atoms with Crippen LogP contribution in [0.5, 0.6) is 0 Å². The number of hydrogen-bond donors (Lipinski definition) is 1. The second kappa shape index (κ2) is 7.25. The number of thiazole rings is 1. The zero-order chi connectivity index (χ0) is 14.5. The normalized spacial score (nSPS) is 11.2. The fourth-order valence-electron chi connectivity index (χ4n) is 2.06.